The number of aromatic nitrogens is 3. The molecule has 19 heavy (non-hydrogen) atoms. The molecule has 1 rings (SSSR count). The van der Waals surface area contributed by atoms with Crippen LogP contribution >= 0.6 is 0 Å². The Morgan fingerprint density at radius 1 is 1.11 bits per heavy atom. The second kappa shape index (κ2) is 7.67. The molecule has 0 amide bonds. The molecule has 1 aromatic heterocycles. The van der Waals surface area contributed by atoms with E-state index in [0.29, 0.717) is 17.8 Å². The lowest BCUT2D eigenvalue weighted by molar-refractivity contribution is -0.436. The van der Waals surface area contributed by atoms with Crippen molar-refractivity contribution in [3.8, 4) is 0 Å². The van der Waals surface area contributed by atoms with Crippen molar-refractivity contribution in [2.75, 3.05) is 29.6 Å². The minimum atomic E-state index is -0.367. The Morgan fingerprint density at radius 3 is 2.21 bits per heavy atom. The summed E-state index contributed by atoms with van der Waals surface area (Å²) in [6.45, 7) is 6.73. The molecule has 0 aliphatic rings. The highest BCUT2D eigenvalue weighted by molar-refractivity contribution is 5.42. The smallest absolute Gasteiger partial charge is 0.239 e. The lowest BCUT2D eigenvalue weighted by Gasteiger charge is -2.14. The van der Waals surface area contributed by atoms with Gasteiger partial charge >= 0.3 is 0 Å². The van der Waals surface area contributed by atoms with Crippen molar-refractivity contribution in [3.63, 3.8) is 0 Å². The zero-order valence-electron chi connectivity index (χ0n) is 11.8. The van der Waals surface area contributed by atoms with Crippen molar-refractivity contribution >= 4 is 17.8 Å². The second-order valence-electron chi connectivity index (χ2n) is 4.15. The molecule has 0 bridgehead atoms. The van der Waals surface area contributed by atoms with E-state index >= 15 is 0 Å². The van der Waals surface area contributed by atoms with Gasteiger partial charge in [-0.25, -0.2) is 0 Å². The van der Waals surface area contributed by atoms with Crippen LogP contribution in [0.2, 0.25) is 0 Å². The van der Waals surface area contributed by atoms with Gasteiger partial charge in [0.1, 0.15) is 0 Å². The first-order valence-corrected chi connectivity index (χ1v) is 6.19. The number of nitrogens with zero attached hydrogens (tertiary/aromatic N) is 3. The van der Waals surface area contributed by atoms with Gasteiger partial charge in [-0.1, -0.05) is 0 Å². The molecule has 9 nitrogen and oxygen atoms in total. The van der Waals surface area contributed by atoms with E-state index in [1.165, 1.54) is 7.11 Å². The molecule has 7 N–H and O–H groups in total. The molecule has 1 heterocycles. The van der Waals surface area contributed by atoms with Crippen LogP contribution in [-0.2, 0) is 4.84 Å². The van der Waals surface area contributed by atoms with E-state index in [0.717, 1.165) is 6.54 Å². The van der Waals surface area contributed by atoms with Gasteiger partial charge in [0.05, 0.1) is 7.11 Å². The fourth-order valence-corrected chi connectivity index (χ4v) is 1.33. The molecule has 0 aromatic carbocycles. The van der Waals surface area contributed by atoms with Crippen LogP contribution in [0, 0.1) is 0 Å². The molecule has 0 unspecified atom stereocenters. The summed E-state index contributed by atoms with van der Waals surface area (Å²) in [7, 11) is 1.52. The molecule has 108 valence electrons. The van der Waals surface area contributed by atoms with Gasteiger partial charge in [0.2, 0.25) is 24.1 Å². The van der Waals surface area contributed by atoms with Gasteiger partial charge in [-0.2, -0.15) is 15.0 Å². The number of anilines is 3. The summed E-state index contributed by atoms with van der Waals surface area (Å²) in [5.41, 5.74) is 6.44. The van der Waals surface area contributed by atoms with Crippen molar-refractivity contribution < 1.29 is 10.6 Å². The van der Waals surface area contributed by atoms with Gasteiger partial charge in [0.25, 0.3) is 0 Å². The van der Waals surface area contributed by atoms with Crippen molar-refractivity contribution in [2.45, 2.75) is 33.1 Å². The Labute approximate surface area is 112 Å². The number of rotatable bonds is 8. The zero-order valence-corrected chi connectivity index (χ0v) is 11.8. The molecular weight excluding hydrogens is 248 g/mol. The summed E-state index contributed by atoms with van der Waals surface area (Å²) in [5, 5.41) is 9.15. The number of nitrogens with one attached hydrogen (secondary N) is 4. The number of hydroxylamine groups is 1. The van der Waals surface area contributed by atoms with Crippen LogP contribution in [0.3, 0.4) is 0 Å². The van der Waals surface area contributed by atoms with Crippen molar-refractivity contribution in [1.29, 1.82) is 0 Å². The summed E-state index contributed by atoms with van der Waals surface area (Å²) in [6.07, 6.45) is -0.367. The first-order valence-electron chi connectivity index (χ1n) is 6.19. The molecule has 1 aromatic rings. The highest BCUT2D eigenvalue weighted by atomic mass is 16.6. The average molecular weight is 271 g/mol. The van der Waals surface area contributed by atoms with Gasteiger partial charge in [-0.15, -0.1) is 5.48 Å². The molecule has 1 atom stereocenters. The minimum absolute atomic E-state index is 0.234. The van der Waals surface area contributed by atoms with Crippen LogP contribution in [-0.4, -0.2) is 40.9 Å². The van der Waals surface area contributed by atoms with Gasteiger partial charge in [0.15, 0.2) is 0 Å². The van der Waals surface area contributed by atoms with Crippen LogP contribution in [0.25, 0.3) is 0 Å². The zero-order chi connectivity index (χ0) is 14.3. The Hall–Kier alpha value is -1.71. The maximum Gasteiger partial charge on any atom is 0.239 e. The maximum absolute atomic E-state index is 4.77. The molecule has 0 saturated heterocycles. The Kier molecular flexibility index (Phi) is 6.19. The standard InChI is InChI=1S/C10H22N8O/c1-5-12-8-15-9(13-6(2)3)17-10(16-8)14-7(11)18-19-4/h6-7,18H,5,11H2,1-4H3,(H3,12,13,14,15,16,17)/p+1/t7-/m1/s1. The molecule has 0 saturated carbocycles. The van der Waals surface area contributed by atoms with Crippen LogP contribution < -0.4 is 27.2 Å². The van der Waals surface area contributed by atoms with Crippen molar-refractivity contribution in [3.05, 3.63) is 0 Å². The van der Waals surface area contributed by atoms with Crippen molar-refractivity contribution in [1.82, 2.24) is 20.4 Å². The van der Waals surface area contributed by atoms with Crippen LogP contribution in [0.4, 0.5) is 17.8 Å². The molecule has 0 spiro atoms. The average Bonchev–Trinajstić information content (AvgIpc) is 2.28. The predicted octanol–water partition coefficient (Wildman–Crippen LogP) is -0.788. The Bertz CT molecular complexity index is 386. The van der Waals surface area contributed by atoms with Gasteiger partial charge in [-0.05, 0) is 20.8 Å². The lowest BCUT2D eigenvalue weighted by Crippen LogP contribution is -2.71. The molecule has 0 radical (unpaired) electrons. The number of hydrogen-bond donors (Lipinski definition) is 5. The first kappa shape index (κ1) is 15.3. The molecular formula is C10H23N8O+. The van der Waals surface area contributed by atoms with E-state index in [2.05, 4.69) is 42.1 Å². The fourth-order valence-electron chi connectivity index (χ4n) is 1.33. The second-order valence-corrected chi connectivity index (χ2v) is 4.15. The normalized spacial score (nSPS) is 12.3. The van der Waals surface area contributed by atoms with E-state index in [1.807, 2.05) is 20.8 Å². The van der Waals surface area contributed by atoms with E-state index < -0.39 is 0 Å². The minimum Gasteiger partial charge on any atom is -0.354 e. The van der Waals surface area contributed by atoms with Crippen LogP contribution in [0.15, 0.2) is 0 Å². The summed E-state index contributed by atoms with van der Waals surface area (Å²) in [4.78, 5) is 17.5. The molecule has 0 aliphatic heterocycles. The summed E-state index contributed by atoms with van der Waals surface area (Å²) >= 11 is 0. The molecule has 9 heteroatoms. The highest BCUT2D eigenvalue weighted by Crippen LogP contribution is 2.10. The van der Waals surface area contributed by atoms with Crippen LogP contribution in [0.1, 0.15) is 20.8 Å². The van der Waals surface area contributed by atoms with E-state index in [1.54, 1.807) is 0 Å². The first-order chi connectivity index (χ1) is 9.05. The Balaban J connectivity index is 2.85. The summed E-state index contributed by atoms with van der Waals surface area (Å²) in [6, 6.07) is 0.234. The van der Waals surface area contributed by atoms with Gasteiger partial charge < -0.3 is 16.4 Å². The fraction of sp³-hybridized carbons (Fsp3) is 0.700. The van der Waals surface area contributed by atoms with E-state index in [4.69, 9.17) is 4.84 Å². The third kappa shape index (κ3) is 5.64. The topological polar surface area (TPSA) is 124 Å². The summed E-state index contributed by atoms with van der Waals surface area (Å²) < 4.78 is 0. The third-order valence-electron chi connectivity index (χ3n) is 1.95. The highest BCUT2D eigenvalue weighted by Gasteiger charge is 2.11. The largest absolute Gasteiger partial charge is 0.354 e. The number of quaternary nitrogens is 1. The Morgan fingerprint density at radius 2 is 1.68 bits per heavy atom. The van der Waals surface area contributed by atoms with E-state index in [-0.39, 0.29) is 12.3 Å². The van der Waals surface area contributed by atoms with E-state index in [9.17, 15) is 0 Å². The monoisotopic (exact) mass is 271 g/mol. The lowest BCUT2D eigenvalue weighted by atomic mass is 10.4. The van der Waals surface area contributed by atoms with Gasteiger partial charge in [0, 0.05) is 12.6 Å². The summed E-state index contributed by atoms with van der Waals surface area (Å²) in [5.74, 6) is 1.43. The van der Waals surface area contributed by atoms with Crippen molar-refractivity contribution in [2.24, 2.45) is 0 Å². The molecule has 0 aliphatic carbocycles. The quantitative estimate of drug-likeness (QED) is 0.308. The number of hydrogen-bond acceptors (Lipinski definition) is 8. The predicted molar refractivity (Wildman–Crippen MR) is 73.2 cm³/mol. The SMILES string of the molecule is CCNc1nc(NC(C)C)nc(N[C@@H]([NH3+])NOC)n1. The third-order valence-corrected chi connectivity index (χ3v) is 1.95. The molecule has 0 fully saturated rings. The van der Waals surface area contributed by atoms with Crippen LogP contribution in [0.5, 0.6) is 0 Å². The van der Waals surface area contributed by atoms with Gasteiger partial charge in [-0.3, -0.25) is 10.2 Å². The maximum atomic E-state index is 4.77.